The average Bonchev–Trinajstić information content (AvgIpc) is 3.39. The van der Waals surface area contributed by atoms with Crippen molar-refractivity contribution in [1.82, 2.24) is 25.6 Å². The molecule has 0 bridgehead atoms. The number of aromatic amines is 1. The quantitative estimate of drug-likeness (QED) is 0.255. The molecule has 0 atom stereocenters. The summed E-state index contributed by atoms with van der Waals surface area (Å²) in [5.74, 6) is 1.38. The van der Waals surface area contributed by atoms with Crippen molar-refractivity contribution >= 4 is 28.9 Å². The highest BCUT2D eigenvalue weighted by Gasteiger charge is 2.19. The highest BCUT2D eigenvalue weighted by molar-refractivity contribution is 6.29. The maximum atomic E-state index is 13.2. The van der Waals surface area contributed by atoms with Crippen LogP contribution in [0.2, 0.25) is 5.15 Å². The molecule has 0 saturated carbocycles. The van der Waals surface area contributed by atoms with Gasteiger partial charge in [-0.05, 0) is 57.2 Å². The van der Waals surface area contributed by atoms with Crippen LogP contribution in [0, 0.1) is 11.8 Å². The Balaban J connectivity index is 1.74. The fourth-order valence-electron chi connectivity index (χ4n) is 4.34. The fourth-order valence-corrected chi connectivity index (χ4v) is 4.45. The van der Waals surface area contributed by atoms with E-state index < -0.39 is 0 Å². The molecule has 8 nitrogen and oxygen atoms in total. The van der Waals surface area contributed by atoms with Crippen LogP contribution in [0.4, 0.5) is 11.4 Å². The number of amides is 1. The van der Waals surface area contributed by atoms with E-state index in [9.17, 15) is 4.79 Å². The summed E-state index contributed by atoms with van der Waals surface area (Å²) in [4.78, 5) is 19.6. The Labute approximate surface area is 222 Å². The Kier molecular flexibility index (Phi) is 8.50. The van der Waals surface area contributed by atoms with Crippen LogP contribution in [-0.2, 0) is 11.2 Å². The van der Waals surface area contributed by atoms with Gasteiger partial charge < -0.3 is 10.2 Å². The number of hydrogen-bond acceptors (Lipinski definition) is 6. The topological polar surface area (TPSA) is 99.7 Å². The molecule has 0 unspecified atom stereocenters. The molecule has 0 spiro atoms. The van der Waals surface area contributed by atoms with E-state index in [2.05, 4.69) is 75.7 Å². The van der Waals surface area contributed by atoms with Crippen molar-refractivity contribution in [2.75, 3.05) is 23.3 Å². The highest BCUT2D eigenvalue weighted by Crippen LogP contribution is 2.36. The summed E-state index contributed by atoms with van der Waals surface area (Å²) >= 11 is 5.91. The van der Waals surface area contributed by atoms with E-state index >= 15 is 0 Å². The van der Waals surface area contributed by atoms with Crippen LogP contribution in [0.1, 0.15) is 33.3 Å². The van der Waals surface area contributed by atoms with Crippen molar-refractivity contribution in [3.05, 3.63) is 71.5 Å². The number of carbonyl (C=O) groups excluding carboxylic acids is 1. The van der Waals surface area contributed by atoms with Crippen LogP contribution < -0.4 is 10.2 Å². The monoisotopic (exact) mass is 517 g/mol. The lowest BCUT2D eigenvalue weighted by Crippen LogP contribution is -2.32. The predicted octanol–water partition coefficient (Wildman–Crippen LogP) is 5.88. The first-order valence-electron chi connectivity index (χ1n) is 12.4. The molecule has 0 radical (unpaired) electrons. The lowest BCUT2D eigenvalue weighted by molar-refractivity contribution is -0.115. The van der Waals surface area contributed by atoms with Crippen molar-refractivity contribution in [1.29, 1.82) is 0 Å². The largest absolute Gasteiger partial charge is 0.369 e. The molecule has 2 heterocycles. The molecule has 2 aromatic carbocycles. The first-order chi connectivity index (χ1) is 17.8. The number of H-pyrrole nitrogens is 1. The standard InChI is InChI=1S/C28H32ClN7O/c1-18(2)16-36(17-19(3)4)25-11-10-21(22-7-5-6-8-23(22)28-32-34-35-33-28)14-24(25)31-27(37)13-20-9-12-26(29)30-15-20/h5-12,14-15,18-19H,13,16-17H2,1-4H3,(H,31,37)(H,32,33,34,35). The van der Waals surface area contributed by atoms with Gasteiger partial charge in [-0.15, -0.1) is 5.10 Å². The van der Waals surface area contributed by atoms with E-state index in [1.165, 1.54) is 0 Å². The zero-order valence-corrected chi connectivity index (χ0v) is 22.3. The smallest absolute Gasteiger partial charge is 0.228 e. The average molecular weight is 518 g/mol. The van der Waals surface area contributed by atoms with Gasteiger partial charge in [0.2, 0.25) is 5.91 Å². The number of nitrogens with zero attached hydrogens (tertiary/aromatic N) is 5. The van der Waals surface area contributed by atoms with Gasteiger partial charge in [-0.1, -0.05) is 75.7 Å². The first-order valence-corrected chi connectivity index (χ1v) is 12.8. The Morgan fingerprint density at radius 3 is 2.35 bits per heavy atom. The molecule has 4 rings (SSSR count). The molecule has 0 fully saturated rings. The molecule has 0 aliphatic heterocycles. The van der Waals surface area contributed by atoms with E-state index in [0.717, 1.165) is 46.7 Å². The van der Waals surface area contributed by atoms with Crippen molar-refractivity contribution in [3.8, 4) is 22.5 Å². The van der Waals surface area contributed by atoms with Crippen LogP contribution in [0.25, 0.3) is 22.5 Å². The van der Waals surface area contributed by atoms with Gasteiger partial charge in [0, 0.05) is 24.8 Å². The first kappa shape index (κ1) is 26.3. The number of carbonyl (C=O) groups is 1. The van der Waals surface area contributed by atoms with Crippen molar-refractivity contribution in [3.63, 3.8) is 0 Å². The number of halogens is 1. The van der Waals surface area contributed by atoms with Gasteiger partial charge in [0.25, 0.3) is 0 Å². The van der Waals surface area contributed by atoms with E-state index in [4.69, 9.17) is 11.6 Å². The molecule has 0 aliphatic carbocycles. The van der Waals surface area contributed by atoms with Crippen LogP contribution in [-0.4, -0.2) is 44.6 Å². The van der Waals surface area contributed by atoms with Crippen LogP contribution in [0.3, 0.4) is 0 Å². The lowest BCUT2D eigenvalue weighted by Gasteiger charge is -2.31. The van der Waals surface area contributed by atoms with Gasteiger partial charge in [-0.25, -0.2) is 10.1 Å². The summed E-state index contributed by atoms with van der Waals surface area (Å²) in [5.41, 5.74) is 5.34. The molecule has 4 aromatic rings. The minimum atomic E-state index is -0.121. The third-order valence-corrected chi connectivity index (χ3v) is 6.00. The number of aromatic nitrogens is 5. The fraction of sp³-hybridized carbons (Fsp3) is 0.321. The van der Waals surface area contributed by atoms with E-state index in [1.807, 2.05) is 36.4 Å². The summed E-state index contributed by atoms with van der Waals surface area (Å²) in [6.45, 7) is 10.6. The van der Waals surface area contributed by atoms with E-state index in [-0.39, 0.29) is 12.3 Å². The highest BCUT2D eigenvalue weighted by atomic mass is 35.5. The normalized spacial score (nSPS) is 11.2. The summed E-state index contributed by atoms with van der Waals surface area (Å²) < 4.78 is 0. The number of anilines is 2. The van der Waals surface area contributed by atoms with Gasteiger partial charge in [-0.3, -0.25) is 4.79 Å². The third-order valence-electron chi connectivity index (χ3n) is 5.77. The van der Waals surface area contributed by atoms with Crippen molar-refractivity contribution in [2.24, 2.45) is 11.8 Å². The second kappa shape index (κ2) is 12.0. The van der Waals surface area contributed by atoms with Crippen LogP contribution in [0.15, 0.2) is 60.8 Å². The zero-order chi connectivity index (χ0) is 26.4. The second-order valence-electron chi connectivity index (χ2n) is 9.93. The number of hydrogen-bond donors (Lipinski definition) is 2. The molecule has 0 aliphatic rings. The van der Waals surface area contributed by atoms with Gasteiger partial charge in [0.1, 0.15) is 5.15 Å². The molecule has 192 valence electrons. The van der Waals surface area contributed by atoms with Gasteiger partial charge >= 0.3 is 0 Å². The Morgan fingerprint density at radius 2 is 1.73 bits per heavy atom. The molecule has 2 N–H and O–H groups in total. The van der Waals surface area contributed by atoms with Gasteiger partial charge in [0.05, 0.1) is 17.8 Å². The van der Waals surface area contributed by atoms with Gasteiger partial charge in [-0.2, -0.15) is 0 Å². The number of tetrazole rings is 1. The maximum Gasteiger partial charge on any atom is 0.228 e. The molecule has 0 saturated heterocycles. The van der Waals surface area contributed by atoms with E-state index in [1.54, 1.807) is 12.3 Å². The SMILES string of the molecule is CC(C)CN(CC(C)C)c1ccc(-c2ccccc2-c2nnn[nH]2)cc1NC(=O)Cc1ccc(Cl)nc1. The van der Waals surface area contributed by atoms with Crippen LogP contribution in [0.5, 0.6) is 0 Å². The van der Waals surface area contributed by atoms with Crippen molar-refractivity contribution < 1.29 is 4.79 Å². The minimum absolute atomic E-state index is 0.121. The Hall–Kier alpha value is -3.78. The maximum absolute atomic E-state index is 13.2. The van der Waals surface area contributed by atoms with E-state index in [0.29, 0.717) is 22.8 Å². The van der Waals surface area contributed by atoms with Gasteiger partial charge in [0.15, 0.2) is 5.82 Å². The Morgan fingerprint density at radius 1 is 1.00 bits per heavy atom. The van der Waals surface area contributed by atoms with Crippen LogP contribution >= 0.6 is 11.6 Å². The molecule has 9 heteroatoms. The predicted molar refractivity (Wildman–Crippen MR) is 149 cm³/mol. The number of rotatable bonds is 10. The summed E-state index contributed by atoms with van der Waals surface area (Å²) in [6, 6.07) is 17.6. The second-order valence-corrected chi connectivity index (χ2v) is 10.3. The number of benzene rings is 2. The summed E-state index contributed by atoms with van der Waals surface area (Å²) in [7, 11) is 0. The number of nitrogens with one attached hydrogen (secondary N) is 2. The Bertz CT molecular complexity index is 1310. The summed E-state index contributed by atoms with van der Waals surface area (Å²) in [6.07, 6.45) is 1.83. The summed E-state index contributed by atoms with van der Waals surface area (Å²) in [5, 5.41) is 18.0. The molecular weight excluding hydrogens is 486 g/mol. The minimum Gasteiger partial charge on any atom is -0.369 e. The van der Waals surface area contributed by atoms with Crippen molar-refractivity contribution in [2.45, 2.75) is 34.1 Å². The number of pyridine rings is 1. The lowest BCUT2D eigenvalue weighted by atomic mass is 9.97. The molecule has 2 aromatic heterocycles. The molecular formula is C28H32ClN7O. The zero-order valence-electron chi connectivity index (χ0n) is 21.6. The molecule has 1 amide bonds. The third kappa shape index (κ3) is 6.92. The molecule has 37 heavy (non-hydrogen) atoms.